The molecule has 1 fully saturated rings. The van der Waals surface area contributed by atoms with Crippen LogP contribution in [0.4, 0.5) is 5.69 Å². The number of hydrogen-bond donors (Lipinski definition) is 2. The van der Waals surface area contributed by atoms with Crippen LogP contribution in [0.5, 0.6) is 5.75 Å². The minimum absolute atomic E-state index is 0.0300. The summed E-state index contributed by atoms with van der Waals surface area (Å²) in [5.41, 5.74) is 0.610. The van der Waals surface area contributed by atoms with Crippen molar-refractivity contribution < 1.29 is 14.3 Å². The molecule has 0 atom stereocenters. The van der Waals surface area contributed by atoms with Crippen LogP contribution < -0.4 is 20.9 Å². The van der Waals surface area contributed by atoms with Crippen LogP contribution >= 0.6 is 0 Å². The summed E-state index contributed by atoms with van der Waals surface area (Å²) in [7, 11) is 0. The van der Waals surface area contributed by atoms with Gasteiger partial charge in [-0.1, -0.05) is 12.1 Å². The molecule has 3 rings (SSSR count). The standard InChI is InChI=1S/C20H23N3O4/c24-18(21-10-4-12-23-11-2-1-7-19(23)25)14-27-17-6-3-5-16(13-17)22-20(26)15-8-9-15/h1-3,5-7,11,13,15H,4,8-10,12,14H2,(H,21,24)(H,22,26). The third kappa shape index (κ3) is 5.99. The van der Waals surface area contributed by atoms with Crippen molar-refractivity contribution in [3.05, 3.63) is 59.0 Å². The second-order valence-electron chi connectivity index (χ2n) is 6.52. The largest absolute Gasteiger partial charge is 0.484 e. The zero-order valence-corrected chi connectivity index (χ0v) is 15.0. The van der Waals surface area contributed by atoms with Crippen molar-refractivity contribution in [3.63, 3.8) is 0 Å². The number of anilines is 1. The first kappa shape index (κ1) is 18.7. The molecule has 0 saturated heterocycles. The highest BCUT2D eigenvalue weighted by Gasteiger charge is 2.29. The molecule has 1 saturated carbocycles. The van der Waals surface area contributed by atoms with E-state index >= 15 is 0 Å². The number of carbonyl (C=O) groups is 2. The first-order chi connectivity index (χ1) is 13.1. The highest BCUT2D eigenvalue weighted by Crippen LogP contribution is 2.30. The molecule has 1 heterocycles. The van der Waals surface area contributed by atoms with E-state index in [1.807, 2.05) is 0 Å². The summed E-state index contributed by atoms with van der Waals surface area (Å²) in [6.45, 7) is 0.899. The molecular formula is C20H23N3O4. The lowest BCUT2D eigenvalue weighted by molar-refractivity contribution is -0.123. The van der Waals surface area contributed by atoms with Crippen LogP contribution in [0.25, 0.3) is 0 Å². The van der Waals surface area contributed by atoms with Gasteiger partial charge in [-0.25, -0.2) is 0 Å². The van der Waals surface area contributed by atoms with E-state index in [9.17, 15) is 14.4 Å². The van der Waals surface area contributed by atoms with Crippen LogP contribution in [0.1, 0.15) is 19.3 Å². The summed E-state index contributed by atoms with van der Waals surface area (Å²) in [6, 6.07) is 12.0. The number of amides is 2. The second kappa shape index (κ2) is 9.02. The number of carbonyl (C=O) groups excluding carboxylic acids is 2. The van der Waals surface area contributed by atoms with E-state index < -0.39 is 0 Å². The zero-order chi connectivity index (χ0) is 19.1. The summed E-state index contributed by atoms with van der Waals surface area (Å²) in [5, 5.41) is 5.61. The first-order valence-corrected chi connectivity index (χ1v) is 9.08. The normalized spacial score (nSPS) is 13.0. The predicted molar refractivity (Wildman–Crippen MR) is 102 cm³/mol. The molecular weight excluding hydrogens is 346 g/mol. The Kier molecular flexibility index (Phi) is 6.25. The lowest BCUT2D eigenvalue weighted by atomic mass is 10.3. The van der Waals surface area contributed by atoms with Gasteiger partial charge in [0.25, 0.3) is 5.91 Å². The van der Waals surface area contributed by atoms with Gasteiger partial charge < -0.3 is 19.9 Å². The fourth-order valence-electron chi connectivity index (χ4n) is 2.58. The van der Waals surface area contributed by atoms with Gasteiger partial charge in [0.15, 0.2) is 6.61 Å². The Hall–Kier alpha value is -3.09. The average Bonchev–Trinajstić information content (AvgIpc) is 3.50. The maximum absolute atomic E-state index is 11.9. The van der Waals surface area contributed by atoms with Crippen LogP contribution in [0.3, 0.4) is 0 Å². The van der Waals surface area contributed by atoms with Gasteiger partial charge in [-0.2, -0.15) is 0 Å². The number of nitrogens with zero attached hydrogens (tertiary/aromatic N) is 1. The summed E-state index contributed by atoms with van der Waals surface area (Å²) in [5.74, 6) is 0.451. The second-order valence-corrected chi connectivity index (χ2v) is 6.52. The van der Waals surface area contributed by atoms with Crippen LogP contribution in [0, 0.1) is 5.92 Å². The van der Waals surface area contributed by atoms with E-state index in [4.69, 9.17) is 4.74 Å². The van der Waals surface area contributed by atoms with Gasteiger partial charge in [-0.05, 0) is 37.5 Å². The fourth-order valence-corrected chi connectivity index (χ4v) is 2.58. The van der Waals surface area contributed by atoms with E-state index in [1.165, 1.54) is 6.07 Å². The molecule has 1 aromatic heterocycles. The number of nitrogens with one attached hydrogen (secondary N) is 2. The Labute approximate surface area is 157 Å². The number of aryl methyl sites for hydroxylation is 1. The number of pyridine rings is 1. The third-order valence-electron chi connectivity index (χ3n) is 4.22. The van der Waals surface area contributed by atoms with Crippen molar-refractivity contribution in [1.82, 2.24) is 9.88 Å². The smallest absolute Gasteiger partial charge is 0.257 e. The third-order valence-corrected chi connectivity index (χ3v) is 4.22. The van der Waals surface area contributed by atoms with Crippen molar-refractivity contribution in [1.29, 1.82) is 0 Å². The summed E-state index contributed by atoms with van der Waals surface area (Å²) in [6.07, 6.45) is 4.27. The van der Waals surface area contributed by atoms with Gasteiger partial charge in [0.1, 0.15) is 5.75 Å². The lowest BCUT2D eigenvalue weighted by Gasteiger charge is -2.10. The maximum Gasteiger partial charge on any atom is 0.257 e. The number of aromatic nitrogens is 1. The molecule has 0 spiro atoms. The van der Waals surface area contributed by atoms with Gasteiger partial charge in [0.05, 0.1) is 0 Å². The number of hydrogen-bond acceptors (Lipinski definition) is 4. The molecule has 7 heteroatoms. The number of rotatable bonds is 9. The van der Waals surface area contributed by atoms with Crippen molar-refractivity contribution in [2.45, 2.75) is 25.8 Å². The Morgan fingerprint density at radius 1 is 1.15 bits per heavy atom. The van der Waals surface area contributed by atoms with Crippen LogP contribution in [-0.4, -0.2) is 29.5 Å². The molecule has 142 valence electrons. The minimum atomic E-state index is -0.233. The van der Waals surface area contributed by atoms with Gasteiger partial charge in [0, 0.05) is 43.0 Å². The average molecular weight is 369 g/mol. The molecule has 27 heavy (non-hydrogen) atoms. The fraction of sp³-hybridized carbons (Fsp3) is 0.350. The zero-order valence-electron chi connectivity index (χ0n) is 15.0. The Morgan fingerprint density at radius 2 is 2.00 bits per heavy atom. The molecule has 1 aromatic carbocycles. The SMILES string of the molecule is O=C(COc1cccc(NC(=O)C2CC2)c1)NCCCn1ccccc1=O. The molecule has 0 radical (unpaired) electrons. The van der Waals surface area contributed by atoms with Crippen molar-refractivity contribution in [2.24, 2.45) is 5.92 Å². The van der Waals surface area contributed by atoms with E-state index in [-0.39, 0.29) is 29.9 Å². The Morgan fingerprint density at radius 3 is 2.78 bits per heavy atom. The topological polar surface area (TPSA) is 89.4 Å². The summed E-state index contributed by atoms with van der Waals surface area (Å²) < 4.78 is 7.08. The van der Waals surface area contributed by atoms with Gasteiger partial charge in [-0.15, -0.1) is 0 Å². The van der Waals surface area contributed by atoms with Gasteiger partial charge in [-0.3, -0.25) is 14.4 Å². The Balaban J connectivity index is 1.36. The van der Waals surface area contributed by atoms with E-state index in [2.05, 4.69) is 10.6 Å². The van der Waals surface area contributed by atoms with Gasteiger partial charge in [0.2, 0.25) is 11.5 Å². The molecule has 1 aliphatic rings. The number of ether oxygens (including phenoxy) is 1. The van der Waals surface area contributed by atoms with Gasteiger partial charge >= 0.3 is 0 Å². The Bertz CT molecular complexity index is 858. The van der Waals surface area contributed by atoms with E-state index in [1.54, 1.807) is 47.2 Å². The molecule has 2 aromatic rings. The highest BCUT2D eigenvalue weighted by molar-refractivity contribution is 5.94. The molecule has 0 bridgehead atoms. The highest BCUT2D eigenvalue weighted by atomic mass is 16.5. The molecule has 7 nitrogen and oxygen atoms in total. The lowest BCUT2D eigenvalue weighted by Crippen LogP contribution is -2.30. The molecule has 1 aliphatic carbocycles. The monoisotopic (exact) mass is 369 g/mol. The van der Waals surface area contributed by atoms with E-state index in [0.29, 0.717) is 30.9 Å². The molecule has 2 amide bonds. The quantitative estimate of drug-likeness (QED) is 0.660. The van der Waals surface area contributed by atoms with E-state index in [0.717, 1.165) is 12.8 Å². The van der Waals surface area contributed by atoms with Crippen LogP contribution in [-0.2, 0) is 16.1 Å². The number of benzene rings is 1. The van der Waals surface area contributed by atoms with Crippen molar-refractivity contribution >= 4 is 17.5 Å². The van der Waals surface area contributed by atoms with Crippen LogP contribution in [0.15, 0.2) is 53.5 Å². The van der Waals surface area contributed by atoms with Crippen molar-refractivity contribution in [2.75, 3.05) is 18.5 Å². The molecule has 0 aliphatic heterocycles. The summed E-state index contributed by atoms with van der Waals surface area (Å²) in [4.78, 5) is 35.2. The molecule has 2 N–H and O–H groups in total. The summed E-state index contributed by atoms with van der Waals surface area (Å²) >= 11 is 0. The minimum Gasteiger partial charge on any atom is -0.484 e. The molecule has 0 unspecified atom stereocenters. The van der Waals surface area contributed by atoms with Crippen LogP contribution in [0.2, 0.25) is 0 Å². The predicted octanol–water partition coefficient (Wildman–Crippen LogP) is 1.78. The maximum atomic E-state index is 11.9. The first-order valence-electron chi connectivity index (χ1n) is 9.08. The van der Waals surface area contributed by atoms with Crippen molar-refractivity contribution in [3.8, 4) is 5.75 Å².